The van der Waals surface area contributed by atoms with E-state index in [0.717, 1.165) is 7.11 Å². The van der Waals surface area contributed by atoms with Crippen molar-refractivity contribution < 1.29 is 40.5 Å². The maximum absolute atomic E-state index is 11.2. The Hall–Kier alpha value is -4.15. The molecule has 4 aromatic rings. The first-order valence-electron chi connectivity index (χ1n) is 9.15. The van der Waals surface area contributed by atoms with Crippen LogP contribution >= 0.6 is 0 Å². The summed E-state index contributed by atoms with van der Waals surface area (Å²) in [7, 11) is 1.00. The molecule has 0 bridgehead atoms. The number of aliphatic hydroxyl groups excluding tert-OH is 1. The molecule has 0 saturated heterocycles. The molecular weight excluding hydrogens is 475 g/mol. The SMILES string of the molecule is CO.[Ni+2].[O-][n+]1ccccc1[N-]c1cccc[n+]1[O-].[O-][n+]1ccccc1[N-]c1cccc[n+]1[O-]. The fraction of sp³-hybridized carbons (Fsp3) is 0.0476. The number of aliphatic hydroxyl groups is 1. The van der Waals surface area contributed by atoms with E-state index in [4.69, 9.17) is 5.11 Å². The summed E-state index contributed by atoms with van der Waals surface area (Å²) in [5.41, 5.74) is 0. The van der Waals surface area contributed by atoms with E-state index in [1.54, 1.807) is 72.8 Å². The van der Waals surface area contributed by atoms with Gasteiger partial charge in [0.05, 0.1) is 24.8 Å². The molecule has 11 nitrogen and oxygen atoms in total. The van der Waals surface area contributed by atoms with Crippen molar-refractivity contribution >= 4 is 23.3 Å². The fourth-order valence-electron chi connectivity index (χ4n) is 2.26. The largest absolute Gasteiger partial charge is 2.00 e. The summed E-state index contributed by atoms with van der Waals surface area (Å²) in [5, 5.41) is 59.9. The van der Waals surface area contributed by atoms with Gasteiger partial charge in [0, 0.05) is 31.4 Å². The van der Waals surface area contributed by atoms with Crippen molar-refractivity contribution in [2.45, 2.75) is 0 Å². The third-order valence-corrected chi connectivity index (χ3v) is 3.67. The van der Waals surface area contributed by atoms with E-state index >= 15 is 0 Å². The Bertz CT molecular complexity index is 959. The molecule has 4 aromatic heterocycles. The van der Waals surface area contributed by atoms with Crippen molar-refractivity contribution in [2.24, 2.45) is 0 Å². The molecule has 0 fully saturated rings. The molecule has 0 aromatic carbocycles. The maximum Gasteiger partial charge on any atom is 2.00 e. The minimum atomic E-state index is 0. The second-order valence-electron chi connectivity index (χ2n) is 5.76. The van der Waals surface area contributed by atoms with Crippen molar-refractivity contribution in [1.29, 1.82) is 0 Å². The molecule has 0 unspecified atom stereocenters. The first kappa shape index (κ1) is 26.9. The van der Waals surface area contributed by atoms with Gasteiger partial charge in [-0.15, -0.1) is 0 Å². The van der Waals surface area contributed by atoms with E-state index in [1.165, 1.54) is 24.8 Å². The Morgan fingerprint density at radius 1 is 0.485 bits per heavy atom. The summed E-state index contributed by atoms with van der Waals surface area (Å²) in [6.45, 7) is 0. The summed E-state index contributed by atoms with van der Waals surface area (Å²) in [6.07, 6.45) is 5.32. The Labute approximate surface area is 200 Å². The van der Waals surface area contributed by atoms with E-state index in [1.807, 2.05) is 0 Å². The average molecular weight is 495 g/mol. The second-order valence-corrected chi connectivity index (χ2v) is 5.76. The summed E-state index contributed by atoms with van der Waals surface area (Å²) in [4.78, 5) is 0. The van der Waals surface area contributed by atoms with Crippen LogP contribution in [-0.2, 0) is 16.5 Å². The van der Waals surface area contributed by atoms with E-state index in [9.17, 15) is 20.8 Å². The van der Waals surface area contributed by atoms with Crippen LogP contribution in [-0.4, -0.2) is 12.2 Å². The normalized spacial score (nSPS) is 9.15. The molecule has 0 atom stereocenters. The van der Waals surface area contributed by atoms with Gasteiger partial charge >= 0.3 is 16.5 Å². The van der Waals surface area contributed by atoms with Gasteiger partial charge in [-0.1, -0.05) is 34.9 Å². The number of nitrogens with zero attached hydrogens (tertiary/aromatic N) is 6. The van der Waals surface area contributed by atoms with Gasteiger partial charge < -0.3 is 25.9 Å². The predicted octanol–water partition coefficient (Wildman–Crippen LogP) is 2.19. The van der Waals surface area contributed by atoms with Gasteiger partial charge in [-0.25, -0.2) is 0 Å². The van der Waals surface area contributed by atoms with Crippen LogP contribution in [0, 0.1) is 20.8 Å². The van der Waals surface area contributed by atoms with Gasteiger partial charge in [0.1, 0.15) is 0 Å². The molecule has 0 aliphatic heterocycles. The molecule has 174 valence electrons. The van der Waals surface area contributed by atoms with Gasteiger partial charge in [-0.05, 0) is 24.3 Å². The van der Waals surface area contributed by atoms with E-state index < -0.39 is 0 Å². The number of hydrogen-bond acceptors (Lipinski definition) is 5. The summed E-state index contributed by atoms with van der Waals surface area (Å²) < 4.78 is 2.42. The topological polar surface area (TPSA) is 156 Å². The Balaban J connectivity index is 0.000000299. The minimum Gasteiger partial charge on any atom is -0.742 e. The maximum atomic E-state index is 11.2. The van der Waals surface area contributed by atoms with Crippen molar-refractivity contribution in [2.75, 3.05) is 7.11 Å². The van der Waals surface area contributed by atoms with Crippen LogP contribution in [0.5, 0.6) is 0 Å². The minimum absolute atomic E-state index is 0. The van der Waals surface area contributed by atoms with Crippen LogP contribution in [0.4, 0.5) is 23.3 Å². The predicted molar refractivity (Wildman–Crippen MR) is 115 cm³/mol. The van der Waals surface area contributed by atoms with Crippen molar-refractivity contribution in [3.63, 3.8) is 0 Å². The molecule has 0 saturated carbocycles. The molecule has 0 radical (unpaired) electrons. The molecule has 12 heteroatoms. The summed E-state index contributed by atoms with van der Waals surface area (Å²) in [6, 6.07) is 19.3. The second kappa shape index (κ2) is 14.0. The van der Waals surface area contributed by atoms with Gasteiger partial charge in [-0.3, -0.25) is 18.9 Å². The van der Waals surface area contributed by atoms with E-state index in [-0.39, 0.29) is 39.8 Å². The molecule has 33 heavy (non-hydrogen) atoms. The van der Waals surface area contributed by atoms with Crippen LogP contribution < -0.4 is 18.9 Å². The zero-order valence-corrected chi connectivity index (χ0v) is 18.3. The molecule has 4 rings (SSSR count). The Morgan fingerprint density at radius 2 is 0.697 bits per heavy atom. The Morgan fingerprint density at radius 3 is 0.879 bits per heavy atom. The van der Waals surface area contributed by atoms with E-state index in [2.05, 4.69) is 10.6 Å². The van der Waals surface area contributed by atoms with Crippen LogP contribution in [0.25, 0.3) is 10.6 Å². The van der Waals surface area contributed by atoms with Gasteiger partial charge in [-0.2, -0.15) is 0 Å². The molecular formula is C21H20N6NiO5. The number of rotatable bonds is 4. The van der Waals surface area contributed by atoms with Gasteiger partial charge in [0.15, 0.2) is 0 Å². The van der Waals surface area contributed by atoms with Gasteiger partial charge in [0.2, 0.25) is 0 Å². The van der Waals surface area contributed by atoms with Gasteiger partial charge in [0.25, 0.3) is 23.3 Å². The first-order chi connectivity index (χ1) is 15.5. The summed E-state index contributed by atoms with van der Waals surface area (Å²) >= 11 is 0. The molecule has 0 spiro atoms. The van der Waals surface area contributed by atoms with Crippen molar-refractivity contribution in [3.8, 4) is 0 Å². The smallest absolute Gasteiger partial charge is 0.742 e. The Kier molecular flexibility index (Phi) is 11.4. The number of hydrogen-bond donors (Lipinski definition) is 1. The van der Waals surface area contributed by atoms with Crippen LogP contribution in [0.1, 0.15) is 0 Å². The zero-order valence-electron chi connectivity index (χ0n) is 17.3. The van der Waals surface area contributed by atoms with Crippen molar-refractivity contribution in [3.05, 3.63) is 129 Å². The first-order valence-corrected chi connectivity index (χ1v) is 9.15. The average Bonchev–Trinajstić information content (AvgIpc) is 2.81. The molecule has 0 aliphatic carbocycles. The van der Waals surface area contributed by atoms with Crippen LogP contribution in [0.15, 0.2) is 97.6 Å². The molecule has 1 N–H and O–H groups in total. The third kappa shape index (κ3) is 8.13. The number of aromatic nitrogens is 4. The van der Waals surface area contributed by atoms with Crippen LogP contribution in [0.3, 0.4) is 0 Å². The van der Waals surface area contributed by atoms with Crippen LogP contribution in [0.2, 0.25) is 0 Å². The summed E-state index contributed by atoms with van der Waals surface area (Å²) in [5.74, 6) is 0.753. The third-order valence-electron chi connectivity index (χ3n) is 3.67. The number of pyridine rings is 4. The molecule has 0 amide bonds. The zero-order chi connectivity index (χ0) is 23.3. The quantitative estimate of drug-likeness (QED) is 0.261. The molecule has 4 heterocycles. The van der Waals surface area contributed by atoms with E-state index in [0.29, 0.717) is 18.9 Å². The van der Waals surface area contributed by atoms with Crippen molar-refractivity contribution in [1.82, 2.24) is 0 Å². The monoisotopic (exact) mass is 494 g/mol. The standard InChI is InChI=1S/2C10H8N3O2.CH4O.Ni/c2*14-12-7-3-1-5-9(12)11-10-6-2-4-8-13(10)15;1-2;/h2*1-8H;2H,1H3;/q2*-1;;+2. The fourth-order valence-corrected chi connectivity index (χ4v) is 2.26. The molecule has 0 aliphatic rings.